The van der Waals surface area contributed by atoms with Gasteiger partial charge in [-0.25, -0.2) is 4.39 Å². The molecular formula is C12H15ClFNO. The molecule has 1 unspecified atom stereocenters. The first-order chi connectivity index (χ1) is 7.56. The van der Waals surface area contributed by atoms with Crippen LogP contribution in [0.3, 0.4) is 0 Å². The van der Waals surface area contributed by atoms with Crippen molar-refractivity contribution in [1.29, 1.82) is 0 Å². The molecule has 0 spiro atoms. The van der Waals surface area contributed by atoms with Crippen molar-refractivity contribution in [3.05, 3.63) is 34.6 Å². The Kier molecular flexibility index (Phi) is 4.90. The topological polar surface area (TPSA) is 43.1 Å². The van der Waals surface area contributed by atoms with Crippen LogP contribution in [-0.4, -0.2) is 12.3 Å². The van der Waals surface area contributed by atoms with Gasteiger partial charge in [0.2, 0.25) is 0 Å². The summed E-state index contributed by atoms with van der Waals surface area (Å²) in [5.41, 5.74) is 5.91. The first kappa shape index (κ1) is 13.1. The van der Waals surface area contributed by atoms with Crippen LogP contribution in [0.15, 0.2) is 18.2 Å². The molecule has 1 atom stereocenters. The van der Waals surface area contributed by atoms with E-state index in [-0.39, 0.29) is 23.1 Å². The molecule has 1 aromatic rings. The van der Waals surface area contributed by atoms with Crippen LogP contribution < -0.4 is 5.73 Å². The van der Waals surface area contributed by atoms with E-state index in [1.165, 1.54) is 6.07 Å². The molecule has 0 fully saturated rings. The fourth-order valence-corrected chi connectivity index (χ4v) is 1.65. The Balaban J connectivity index is 2.73. The molecule has 2 nitrogen and oxygen atoms in total. The maximum absolute atomic E-state index is 13.1. The van der Waals surface area contributed by atoms with E-state index in [9.17, 15) is 9.18 Å². The number of carbonyl (C=O) groups excluding carboxylic acids is 1. The second kappa shape index (κ2) is 5.97. The van der Waals surface area contributed by atoms with Crippen LogP contribution in [0.4, 0.5) is 4.39 Å². The Morgan fingerprint density at radius 3 is 2.88 bits per heavy atom. The smallest absolute Gasteiger partial charge is 0.142 e. The molecule has 0 aliphatic heterocycles. The molecule has 0 saturated carbocycles. The number of benzene rings is 1. The average Bonchev–Trinajstić information content (AvgIpc) is 2.25. The zero-order valence-corrected chi connectivity index (χ0v) is 9.93. The van der Waals surface area contributed by atoms with Crippen molar-refractivity contribution in [1.82, 2.24) is 0 Å². The Bertz CT molecular complexity index is 381. The second-order valence-corrected chi connectivity index (χ2v) is 4.21. The predicted octanol–water partition coefficient (Wildman–Crippen LogP) is 2.58. The number of ketones is 1. The molecule has 0 heterocycles. The molecule has 0 saturated heterocycles. The van der Waals surface area contributed by atoms with E-state index in [1.54, 1.807) is 12.1 Å². The maximum atomic E-state index is 13.1. The minimum atomic E-state index is -0.488. The van der Waals surface area contributed by atoms with Gasteiger partial charge in [0, 0.05) is 12.3 Å². The monoisotopic (exact) mass is 243 g/mol. The molecule has 1 rings (SSSR count). The van der Waals surface area contributed by atoms with Crippen LogP contribution in [0.5, 0.6) is 0 Å². The molecule has 1 aromatic carbocycles. The van der Waals surface area contributed by atoms with Gasteiger partial charge >= 0.3 is 0 Å². The van der Waals surface area contributed by atoms with Gasteiger partial charge in [-0.3, -0.25) is 4.79 Å². The lowest BCUT2D eigenvalue weighted by Gasteiger charge is -2.09. The average molecular weight is 244 g/mol. The Morgan fingerprint density at radius 2 is 2.25 bits per heavy atom. The molecule has 0 radical (unpaired) electrons. The standard InChI is InChI=1S/C12H15ClFNO/c1-8(5-6-15)11(16)7-9-3-2-4-10(14)12(9)13/h2-4,8H,5-7,15H2,1H3. The number of Topliss-reactive ketones (excluding diaryl/α,β-unsaturated/α-hetero) is 1. The Hall–Kier alpha value is -0.930. The predicted molar refractivity (Wildman–Crippen MR) is 63.0 cm³/mol. The fraction of sp³-hybridized carbons (Fsp3) is 0.417. The third-order valence-electron chi connectivity index (χ3n) is 2.55. The molecule has 0 aromatic heterocycles. The largest absolute Gasteiger partial charge is 0.330 e. The lowest BCUT2D eigenvalue weighted by Crippen LogP contribution is -2.17. The summed E-state index contributed by atoms with van der Waals surface area (Å²) in [6.07, 6.45) is 0.809. The van der Waals surface area contributed by atoms with Gasteiger partial charge in [0.1, 0.15) is 11.6 Å². The third kappa shape index (κ3) is 3.29. The Labute approximate surface area is 99.6 Å². The maximum Gasteiger partial charge on any atom is 0.142 e. The van der Waals surface area contributed by atoms with Gasteiger partial charge in [-0.2, -0.15) is 0 Å². The molecule has 2 N–H and O–H groups in total. The molecule has 0 bridgehead atoms. The molecule has 4 heteroatoms. The lowest BCUT2D eigenvalue weighted by atomic mass is 9.97. The summed E-state index contributed by atoms with van der Waals surface area (Å²) in [4.78, 5) is 11.7. The lowest BCUT2D eigenvalue weighted by molar-refractivity contribution is -0.121. The van der Waals surface area contributed by atoms with Crippen LogP contribution in [-0.2, 0) is 11.2 Å². The molecule has 0 aliphatic carbocycles. The van der Waals surface area contributed by atoms with Crippen molar-refractivity contribution in [2.45, 2.75) is 19.8 Å². The highest BCUT2D eigenvalue weighted by Gasteiger charge is 2.15. The summed E-state index contributed by atoms with van der Waals surface area (Å²) in [5.74, 6) is -0.555. The van der Waals surface area contributed by atoms with Gasteiger partial charge in [0.05, 0.1) is 5.02 Å². The second-order valence-electron chi connectivity index (χ2n) is 3.83. The van der Waals surface area contributed by atoms with E-state index in [4.69, 9.17) is 17.3 Å². The van der Waals surface area contributed by atoms with E-state index in [0.29, 0.717) is 18.5 Å². The summed E-state index contributed by atoms with van der Waals surface area (Å²) in [6, 6.07) is 4.50. The number of hydrogen-bond donors (Lipinski definition) is 1. The first-order valence-electron chi connectivity index (χ1n) is 5.22. The molecule has 16 heavy (non-hydrogen) atoms. The van der Waals surface area contributed by atoms with Crippen molar-refractivity contribution in [3.8, 4) is 0 Å². The quantitative estimate of drug-likeness (QED) is 0.864. The van der Waals surface area contributed by atoms with E-state index in [2.05, 4.69) is 0 Å². The summed E-state index contributed by atoms with van der Waals surface area (Å²) >= 11 is 5.77. The van der Waals surface area contributed by atoms with Crippen molar-refractivity contribution < 1.29 is 9.18 Å². The van der Waals surface area contributed by atoms with Gasteiger partial charge in [-0.05, 0) is 24.6 Å². The summed E-state index contributed by atoms with van der Waals surface area (Å²) in [5, 5.41) is 0.0378. The van der Waals surface area contributed by atoms with Crippen molar-refractivity contribution >= 4 is 17.4 Å². The highest BCUT2D eigenvalue weighted by Crippen LogP contribution is 2.21. The van der Waals surface area contributed by atoms with E-state index >= 15 is 0 Å². The van der Waals surface area contributed by atoms with Crippen molar-refractivity contribution in [2.75, 3.05) is 6.54 Å². The van der Waals surface area contributed by atoms with Crippen molar-refractivity contribution in [3.63, 3.8) is 0 Å². The SMILES string of the molecule is CC(CCN)C(=O)Cc1cccc(F)c1Cl. The number of carbonyl (C=O) groups is 1. The van der Waals surface area contributed by atoms with Crippen LogP contribution in [0.25, 0.3) is 0 Å². The van der Waals surface area contributed by atoms with Gasteiger partial charge in [-0.15, -0.1) is 0 Å². The third-order valence-corrected chi connectivity index (χ3v) is 2.97. The molecule has 88 valence electrons. The molecule has 0 aliphatic rings. The zero-order valence-electron chi connectivity index (χ0n) is 9.17. The van der Waals surface area contributed by atoms with Crippen LogP contribution >= 0.6 is 11.6 Å². The number of hydrogen-bond acceptors (Lipinski definition) is 2. The first-order valence-corrected chi connectivity index (χ1v) is 5.59. The highest BCUT2D eigenvalue weighted by atomic mass is 35.5. The Morgan fingerprint density at radius 1 is 1.56 bits per heavy atom. The normalized spacial score (nSPS) is 12.5. The summed E-state index contributed by atoms with van der Waals surface area (Å²) in [6.45, 7) is 2.30. The summed E-state index contributed by atoms with van der Waals surface area (Å²) in [7, 11) is 0. The van der Waals surface area contributed by atoms with Gasteiger partial charge < -0.3 is 5.73 Å². The van der Waals surface area contributed by atoms with Crippen LogP contribution in [0.1, 0.15) is 18.9 Å². The zero-order chi connectivity index (χ0) is 12.1. The highest BCUT2D eigenvalue weighted by molar-refractivity contribution is 6.31. The van der Waals surface area contributed by atoms with Crippen molar-refractivity contribution in [2.24, 2.45) is 11.7 Å². The van der Waals surface area contributed by atoms with E-state index < -0.39 is 5.82 Å². The summed E-state index contributed by atoms with van der Waals surface area (Å²) < 4.78 is 13.1. The van der Waals surface area contributed by atoms with Crippen LogP contribution in [0, 0.1) is 11.7 Å². The van der Waals surface area contributed by atoms with Gasteiger partial charge in [0.15, 0.2) is 0 Å². The van der Waals surface area contributed by atoms with Gasteiger partial charge in [0.25, 0.3) is 0 Å². The fourth-order valence-electron chi connectivity index (χ4n) is 1.46. The van der Waals surface area contributed by atoms with E-state index in [1.807, 2.05) is 6.92 Å². The molecular weight excluding hydrogens is 229 g/mol. The number of nitrogens with two attached hydrogens (primary N) is 1. The number of rotatable bonds is 5. The number of halogens is 2. The van der Waals surface area contributed by atoms with Gasteiger partial charge in [-0.1, -0.05) is 30.7 Å². The minimum Gasteiger partial charge on any atom is -0.330 e. The molecule has 0 amide bonds. The minimum absolute atomic E-state index is 0.0378. The van der Waals surface area contributed by atoms with Crippen LogP contribution in [0.2, 0.25) is 5.02 Å². The van der Waals surface area contributed by atoms with E-state index in [0.717, 1.165) is 0 Å².